The highest BCUT2D eigenvalue weighted by Gasteiger charge is 2.43. The molecule has 0 spiro atoms. The zero-order valence-electron chi connectivity index (χ0n) is 20.4. The smallest absolute Gasteiger partial charge is 0.411 e. The number of piperidine rings is 3. The Morgan fingerprint density at radius 2 is 1.69 bits per heavy atom. The Bertz CT molecular complexity index is 886. The number of hydrogen-bond acceptors (Lipinski definition) is 7. The average molecular weight is 508 g/mol. The molecule has 3 saturated heterocycles. The van der Waals surface area contributed by atoms with Gasteiger partial charge in [0.05, 0.1) is 0 Å². The summed E-state index contributed by atoms with van der Waals surface area (Å²) in [6.07, 6.45) is 6.70. The lowest BCUT2D eigenvalue weighted by Gasteiger charge is -2.39. The van der Waals surface area contributed by atoms with Crippen molar-refractivity contribution in [2.24, 2.45) is 0 Å². The molecule has 10 heteroatoms. The molecule has 1 aromatic rings. The summed E-state index contributed by atoms with van der Waals surface area (Å²) in [5, 5.41) is 10.5. The Morgan fingerprint density at radius 3 is 2.40 bits per heavy atom. The first-order chi connectivity index (χ1) is 17.0. The maximum absolute atomic E-state index is 13.9. The number of likely N-dealkylation sites (tertiary alicyclic amines) is 2. The van der Waals surface area contributed by atoms with Crippen molar-refractivity contribution in [1.29, 1.82) is 0 Å². The molecular weight excluding hydrogens is 469 g/mol. The molecule has 0 aliphatic carbocycles. The Kier molecular flexibility index (Phi) is 9.22. The van der Waals surface area contributed by atoms with E-state index in [1.807, 2.05) is 30.3 Å². The molecule has 3 aliphatic rings. The fourth-order valence-electron chi connectivity index (χ4n) is 5.40. The van der Waals surface area contributed by atoms with Gasteiger partial charge >= 0.3 is 6.09 Å². The fraction of sp³-hybridized carbons (Fsp3) is 0.680. The molecule has 3 heterocycles. The maximum atomic E-state index is 13.9. The molecule has 2 amide bonds. The van der Waals surface area contributed by atoms with Crippen LogP contribution >= 0.6 is 7.37 Å². The monoisotopic (exact) mass is 507 g/mol. The number of aryl methyl sites for hydroxylation is 1. The summed E-state index contributed by atoms with van der Waals surface area (Å²) >= 11 is 0. The van der Waals surface area contributed by atoms with Gasteiger partial charge in [0, 0.05) is 31.8 Å². The number of carbonyl (C=O) groups is 2. The van der Waals surface area contributed by atoms with E-state index < -0.39 is 31.8 Å². The standard InChI is InChI=1S/C25H38N3O6P/c29-24-23(10-7-16-28(24)31)35(32,19-13-21-8-3-1-4-9-21)34-20-33-25(30)27-17-11-22(12-18-27)26-14-5-2-6-15-26/h1,3-4,8-9,22-23,31H,2,5-7,10-20H2. The summed E-state index contributed by atoms with van der Waals surface area (Å²) in [6, 6.07) is 10.1. The molecule has 0 saturated carbocycles. The fourth-order valence-corrected chi connectivity index (χ4v) is 7.87. The van der Waals surface area contributed by atoms with Crippen LogP contribution in [0.3, 0.4) is 0 Å². The van der Waals surface area contributed by atoms with Gasteiger partial charge in [-0.05, 0) is 63.6 Å². The van der Waals surface area contributed by atoms with Gasteiger partial charge in [-0.3, -0.25) is 19.1 Å². The SMILES string of the molecule is O=C1C(P(=O)(CCc2ccccc2)OCOC(=O)N2CCC(N3CCCCC3)CC2)CCCN1O. The molecule has 1 N–H and O–H groups in total. The van der Waals surface area contributed by atoms with E-state index in [1.165, 1.54) is 19.3 Å². The number of nitrogens with zero attached hydrogens (tertiary/aromatic N) is 3. The highest BCUT2D eigenvalue weighted by molar-refractivity contribution is 7.60. The molecule has 2 atom stereocenters. The van der Waals surface area contributed by atoms with Gasteiger partial charge in [-0.2, -0.15) is 0 Å². The first-order valence-corrected chi connectivity index (χ1v) is 14.8. The minimum atomic E-state index is -3.53. The van der Waals surface area contributed by atoms with Gasteiger partial charge in [-0.25, -0.2) is 9.86 Å². The van der Waals surface area contributed by atoms with Crippen LogP contribution in [0.25, 0.3) is 0 Å². The molecule has 35 heavy (non-hydrogen) atoms. The van der Waals surface area contributed by atoms with Gasteiger partial charge < -0.3 is 14.5 Å². The second-order valence-electron chi connectivity index (χ2n) is 9.78. The average Bonchev–Trinajstić information content (AvgIpc) is 2.90. The number of amides is 2. The summed E-state index contributed by atoms with van der Waals surface area (Å²) in [6.45, 7) is 3.31. The summed E-state index contributed by atoms with van der Waals surface area (Å²) in [5.41, 5.74) is 0.0537. The Morgan fingerprint density at radius 1 is 0.971 bits per heavy atom. The van der Waals surface area contributed by atoms with Gasteiger partial charge in [0.15, 0.2) is 0 Å². The number of carbonyl (C=O) groups excluding carboxylic acids is 2. The van der Waals surface area contributed by atoms with E-state index in [-0.39, 0.29) is 12.7 Å². The Labute approximate surface area is 207 Å². The number of benzene rings is 1. The van der Waals surface area contributed by atoms with E-state index >= 15 is 0 Å². The van der Waals surface area contributed by atoms with Crippen molar-refractivity contribution >= 4 is 19.4 Å². The van der Waals surface area contributed by atoms with E-state index in [9.17, 15) is 19.4 Å². The number of ether oxygens (including phenoxy) is 1. The van der Waals surface area contributed by atoms with Crippen LogP contribution in [0.1, 0.15) is 50.5 Å². The molecular formula is C25H38N3O6P. The van der Waals surface area contributed by atoms with Crippen LogP contribution in [0.2, 0.25) is 0 Å². The lowest BCUT2D eigenvalue weighted by Crippen LogP contribution is -2.48. The van der Waals surface area contributed by atoms with Crippen molar-refractivity contribution in [3.05, 3.63) is 35.9 Å². The van der Waals surface area contributed by atoms with E-state index in [1.54, 1.807) is 4.90 Å². The predicted molar refractivity (Wildman–Crippen MR) is 132 cm³/mol. The summed E-state index contributed by atoms with van der Waals surface area (Å²) in [5.74, 6) is -0.584. The molecule has 2 unspecified atom stereocenters. The number of hydrogen-bond donors (Lipinski definition) is 1. The first-order valence-electron chi connectivity index (χ1n) is 12.9. The van der Waals surface area contributed by atoms with Crippen molar-refractivity contribution in [3.8, 4) is 0 Å². The largest absolute Gasteiger partial charge is 0.422 e. The van der Waals surface area contributed by atoms with Crippen LogP contribution in [-0.2, 0) is 25.0 Å². The molecule has 3 aliphatic heterocycles. The maximum Gasteiger partial charge on any atom is 0.411 e. The van der Waals surface area contributed by atoms with Crippen molar-refractivity contribution in [1.82, 2.24) is 14.9 Å². The third-order valence-electron chi connectivity index (χ3n) is 7.50. The summed E-state index contributed by atoms with van der Waals surface area (Å²) in [7, 11) is -3.53. The highest BCUT2D eigenvalue weighted by Crippen LogP contribution is 2.55. The van der Waals surface area contributed by atoms with Gasteiger partial charge in [0.1, 0.15) is 5.66 Å². The van der Waals surface area contributed by atoms with Crippen molar-refractivity contribution in [2.45, 2.75) is 63.1 Å². The van der Waals surface area contributed by atoms with Crippen molar-refractivity contribution in [3.63, 3.8) is 0 Å². The molecule has 0 aromatic heterocycles. The highest BCUT2D eigenvalue weighted by atomic mass is 31.2. The van der Waals surface area contributed by atoms with Gasteiger partial charge in [0.25, 0.3) is 5.91 Å². The van der Waals surface area contributed by atoms with Gasteiger partial charge in [-0.15, -0.1) is 0 Å². The van der Waals surface area contributed by atoms with E-state index in [4.69, 9.17) is 9.26 Å². The molecule has 9 nitrogen and oxygen atoms in total. The van der Waals surface area contributed by atoms with Gasteiger partial charge in [-0.1, -0.05) is 36.8 Å². The Balaban J connectivity index is 1.30. The second kappa shape index (κ2) is 12.3. The van der Waals surface area contributed by atoms with Crippen molar-refractivity contribution in [2.75, 3.05) is 45.7 Å². The molecule has 4 rings (SSSR count). The second-order valence-corrected chi connectivity index (χ2v) is 12.6. The number of hydroxylamine groups is 2. The molecule has 1 aromatic carbocycles. The summed E-state index contributed by atoms with van der Waals surface area (Å²) in [4.78, 5) is 29.5. The zero-order valence-corrected chi connectivity index (χ0v) is 21.3. The molecule has 3 fully saturated rings. The Hall–Kier alpha value is -1.93. The third kappa shape index (κ3) is 6.85. The van der Waals surface area contributed by atoms with Crippen LogP contribution in [0.15, 0.2) is 30.3 Å². The van der Waals surface area contributed by atoms with Crippen molar-refractivity contribution < 1.29 is 28.6 Å². The van der Waals surface area contributed by atoms with Gasteiger partial charge in [0.2, 0.25) is 14.2 Å². The molecule has 0 bridgehead atoms. The summed E-state index contributed by atoms with van der Waals surface area (Å²) < 4.78 is 24.9. The lowest BCUT2D eigenvalue weighted by molar-refractivity contribution is -0.169. The quantitative estimate of drug-likeness (QED) is 0.323. The lowest BCUT2D eigenvalue weighted by atomic mass is 10.0. The topological polar surface area (TPSA) is 99.6 Å². The van der Waals surface area contributed by atoms with E-state index in [0.29, 0.717) is 43.5 Å². The van der Waals surface area contributed by atoms with Crippen LogP contribution in [0, 0.1) is 0 Å². The molecule has 0 radical (unpaired) electrons. The number of rotatable bonds is 8. The molecule has 194 valence electrons. The zero-order chi connectivity index (χ0) is 24.7. The van der Waals surface area contributed by atoms with Crippen LogP contribution < -0.4 is 0 Å². The van der Waals surface area contributed by atoms with E-state index in [0.717, 1.165) is 31.5 Å². The minimum absolute atomic E-state index is 0.139. The minimum Gasteiger partial charge on any atom is -0.422 e. The third-order valence-corrected chi connectivity index (χ3v) is 10.3. The normalized spacial score (nSPS) is 24.3. The van der Waals surface area contributed by atoms with Crippen LogP contribution in [0.4, 0.5) is 4.79 Å². The van der Waals surface area contributed by atoms with Crippen LogP contribution in [0.5, 0.6) is 0 Å². The van der Waals surface area contributed by atoms with E-state index in [2.05, 4.69) is 4.90 Å². The predicted octanol–water partition coefficient (Wildman–Crippen LogP) is 3.95. The first kappa shape index (κ1) is 26.1. The van der Waals surface area contributed by atoms with Crippen LogP contribution in [-0.4, -0.2) is 89.5 Å².